The van der Waals surface area contributed by atoms with E-state index in [4.69, 9.17) is 22.1 Å². The molecule has 0 atom stereocenters. The maximum Gasteiger partial charge on any atom is 0.238 e. The van der Waals surface area contributed by atoms with Crippen LogP contribution in [0.4, 0.5) is 5.69 Å². The van der Waals surface area contributed by atoms with Crippen LogP contribution >= 0.6 is 27.5 Å². The summed E-state index contributed by atoms with van der Waals surface area (Å²) in [4.78, 5) is 4.11. The van der Waals surface area contributed by atoms with Crippen LogP contribution < -0.4 is 10.5 Å². The summed E-state index contributed by atoms with van der Waals surface area (Å²) in [5, 5.41) is 0.401. The molecule has 0 saturated heterocycles. The van der Waals surface area contributed by atoms with E-state index in [9.17, 15) is 0 Å². The number of ether oxygens (including phenoxy) is 1. The molecule has 0 aliphatic heterocycles. The summed E-state index contributed by atoms with van der Waals surface area (Å²) in [5.74, 6) is 1.44. The lowest BCUT2D eigenvalue weighted by atomic mass is 10.0. The summed E-state index contributed by atoms with van der Waals surface area (Å²) in [6.45, 7) is 4.21. The number of nitrogens with two attached hydrogens (primary N) is 1. The number of nitrogens with zero attached hydrogens (tertiary/aromatic N) is 1. The van der Waals surface area contributed by atoms with E-state index in [-0.39, 0.29) is 0 Å². The lowest BCUT2D eigenvalue weighted by Crippen LogP contribution is -1.97. The van der Waals surface area contributed by atoms with Gasteiger partial charge in [-0.2, -0.15) is 0 Å². The maximum absolute atomic E-state index is 6.07. The van der Waals surface area contributed by atoms with Gasteiger partial charge in [0.1, 0.15) is 10.8 Å². The van der Waals surface area contributed by atoms with Crippen LogP contribution in [-0.4, -0.2) is 4.98 Å². The van der Waals surface area contributed by atoms with Crippen LogP contribution in [0.3, 0.4) is 0 Å². The first-order chi connectivity index (χ1) is 8.97. The fourth-order valence-corrected chi connectivity index (χ4v) is 2.28. The van der Waals surface area contributed by atoms with E-state index < -0.39 is 0 Å². The highest BCUT2D eigenvalue weighted by molar-refractivity contribution is 9.10. The molecule has 0 aliphatic rings. The van der Waals surface area contributed by atoms with Gasteiger partial charge < -0.3 is 10.5 Å². The van der Waals surface area contributed by atoms with Crippen LogP contribution in [0.25, 0.3) is 0 Å². The molecule has 100 valence electrons. The van der Waals surface area contributed by atoms with Gasteiger partial charge in [-0.05, 0) is 35.7 Å². The summed E-state index contributed by atoms with van der Waals surface area (Å²) < 4.78 is 6.81. The Morgan fingerprint density at radius 2 is 2.05 bits per heavy atom. The van der Waals surface area contributed by atoms with E-state index in [1.807, 2.05) is 18.2 Å². The van der Waals surface area contributed by atoms with Gasteiger partial charge in [-0.1, -0.05) is 41.4 Å². The van der Waals surface area contributed by atoms with Gasteiger partial charge >= 0.3 is 0 Å². The van der Waals surface area contributed by atoms with Crippen molar-refractivity contribution < 1.29 is 4.74 Å². The lowest BCUT2D eigenvalue weighted by molar-refractivity contribution is 0.455. The van der Waals surface area contributed by atoms with Gasteiger partial charge in [0.2, 0.25) is 5.88 Å². The van der Waals surface area contributed by atoms with Crippen LogP contribution in [-0.2, 0) is 0 Å². The van der Waals surface area contributed by atoms with Crippen LogP contribution in [0.15, 0.2) is 34.9 Å². The van der Waals surface area contributed by atoms with Crippen molar-refractivity contribution in [2.45, 2.75) is 19.8 Å². The minimum absolute atomic E-state index is 0.333. The number of aromatic nitrogens is 1. The maximum atomic E-state index is 6.07. The number of pyridine rings is 1. The van der Waals surface area contributed by atoms with Crippen molar-refractivity contribution in [3.63, 3.8) is 0 Å². The van der Waals surface area contributed by atoms with Gasteiger partial charge in [-0.15, -0.1) is 0 Å². The molecule has 1 aromatic carbocycles. The Labute approximate surface area is 125 Å². The van der Waals surface area contributed by atoms with E-state index in [0.717, 1.165) is 15.8 Å². The number of benzene rings is 1. The highest BCUT2D eigenvalue weighted by Crippen LogP contribution is 2.34. The average Bonchev–Trinajstić information content (AvgIpc) is 2.34. The van der Waals surface area contributed by atoms with Crippen LogP contribution in [0.1, 0.15) is 25.3 Å². The van der Waals surface area contributed by atoms with Gasteiger partial charge in [-0.3, -0.25) is 0 Å². The Morgan fingerprint density at radius 1 is 1.32 bits per heavy atom. The van der Waals surface area contributed by atoms with Crippen molar-refractivity contribution in [2.24, 2.45) is 0 Å². The molecule has 2 aromatic rings. The number of hydrogen-bond acceptors (Lipinski definition) is 3. The Balaban J connectivity index is 2.38. The largest absolute Gasteiger partial charge is 0.437 e. The summed E-state index contributed by atoms with van der Waals surface area (Å²) in [6, 6.07) is 7.48. The summed E-state index contributed by atoms with van der Waals surface area (Å²) in [5.41, 5.74) is 7.21. The fraction of sp³-hybridized carbons (Fsp3) is 0.214. The standard InChI is InChI=1S/C14H14BrClN2O/c1-8(2)11-5-9(15)3-4-13(11)19-14-12(16)6-10(17)7-18-14/h3-8H,17H2,1-2H3. The molecule has 3 nitrogen and oxygen atoms in total. The molecule has 19 heavy (non-hydrogen) atoms. The lowest BCUT2D eigenvalue weighted by Gasteiger charge is -2.14. The van der Waals surface area contributed by atoms with Crippen molar-refractivity contribution in [3.05, 3.63) is 45.5 Å². The number of halogens is 2. The zero-order valence-electron chi connectivity index (χ0n) is 10.7. The Kier molecular flexibility index (Phi) is 4.32. The van der Waals surface area contributed by atoms with E-state index in [0.29, 0.717) is 22.5 Å². The molecular weight excluding hydrogens is 328 g/mol. The highest BCUT2D eigenvalue weighted by Gasteiger charge is 2.12. The van der Waals surface area contributed by atoms with Crippen LogP contribution in [0.2, 0.25) is 5.02 Å². The van der Waals surface area contributed by atoms with Crippen LogP contribution in [0, 0.1) is 0 Å². The third kappa shape index (κ3) is 3.39. The SMILES string of the molecule is CC(C)c1cc(Br)ccc1Oc1ncc(N)cc1Cl. The molecular formula is C14H14BrClN2O. The molecule has 0 unspecified atom stereocenters. The van der Waals surface area contributed by atoms with Gasteiger partial charge in [0.05, 0.1) is 11.9 Å². The Hall–Kier alpha value is -1.26. The third-order valence-corrected chi connectivity index (χ3v) is 3.39. The van der Waals surface area contributed by atoms with Crippen molar-refractivity contribution in [1.29, 1.82) is 0 Å². The number of nitrogen functional groups attached to an aromatic ring is 1. The minimum Gasteiger partial charge on any atom is -0.437 e. The first kappa shape index (κ1) is 14.2. The molecule has 0 bridgehead atoms. The van der Waals surface area contributed by atoms with E-state index in [1.54, 1.807) is 6.07 Å². The summed E-state index contributed by atoms with van der Waals surface area (Å²) in [7, 11) is 0. The molecule has 0 amide bonds. The molecule has 2 N–H and O–H groups in total. The topological polar surface area (TPSA) is 48.1 Å². The van der Waals surface area contributed by atoms with Crippen molar-refractivity contribution >= 4 is 33.2 Å². The van der Waals surface area contributed by atoms with Crippen LogP contribution in [0.5, 0.6) is 11.6 Å². The summed E-state index contributed by atoms with van der Waals surface area (Å²) >= 11 is 9.53. The predicted octanol–water partition coefficient (Wildman–Crippen LogP) is 5.00. The normalized spacial score (nSPS) is 10.8. The molecule has 0 fully saturated rings. The van der Waals surface area contributed by atoms with Crippen molar-refractivity contribution in [1.82, 2.24) is 4.98 Å². The quantitative estimate of drug-likeness (QED) is 0.855. The first-order valence-electron chi connectivity index (χ1n) is 5.85. The van der Waals surface area contributed by atoms with Gasteiger partial charge in [0.15, 0.2) is 0 Å². The number of anilines is 1. The average molecular weight is 342 g/mol. The molecule has 0 aliphatic carbocycles. The van der Waals surface area contributed by atoms with E-state index in [2.05, 4.69) is 34.8 Å². The smallest absolute Gasteiger partial charge is 0.238 e. The van der Waals surface area contributed by atoms with Gasteiger partial charge in [0, 0.05) is 4.47 Å². The first-order valence-corrected chi connectivity index (χ1v) is 7.03. The molecule has 0 saturated carbocycles. The third-order valence-electron chi connectivity index (χ3n) is 2.63. The molecule has 1 aromatic heterocycles. The highest BCUT2D eigenvalue weighted by atomic mass is 79.9. The molecule has 2 rings (SSSR count). The van der Waals surface area contributed by atoms with Gasteiger partial charge in [0.25, 0.3) is 0 Å². The second kappa shape index (κ2) is 5.80. The monoisotopic (exact) mass is 340 g/mol. The Morgan fingerprint density at radius 3 is 2.68 bits per heavy atom. The second-order valence-corrected chi connectivity index (χ2v) is 5.82. The Bertz CT molecular complexity index is 602. The van der Waals surface area contributed by atoms with Crippen molar-refractivity contribution in [2.75, 3.05) is 5.73 Å². The van der Waals surface area contributed by atoms with E-state index >= 15 is 0 Å². The molecule has 5 heteroatoms. The summed E-state index contributed by atoms with van der Waals surface area (Å²) in [6.07, 6.45) is 1.52. The number of rotatable bonds is 3. The van der Waals surface area contributed by atoms with E-state index in [1.165, 1.54) is 6.20 Å². The molecule has 1 heterocycles. The zero-order chi connectivity index (χ0) is 14.0. The predicted molar refractivity (Wildman–Crippen MR) is 82.0 cm³/mol. The second-order valence-electron chi connectivity index (χ2n) is 4.49. The van der Waals surface area contributed by atoms with Gasteiger partial charge in [-0.25, -0.2) is 4.98 Å². The molecule has 0 radical (unpaired) electrons. The molecule has 0 spiro atoms. The zero-order valence-corrected chi connectivity index (χ0v) is 13.0. The fourth-order valence-electron chi connectivity index (χ4n) is 1.68. The number of hydrogen-bond donors (Lipinski definition) is 1. The van der Waals surface area contributed by atoms with Crippen molar-refractivity contribution in [3.8, 4) is 11.6 Å². The minimum atomic E-state index is 0.333.